The zero-order valence-corrected chi connectivity index (χ0v) is 19.9. The summed E-state index contributed by atoms with van der Waals surface area (Å²) in [6.45, 7) is 5.93. The highest BCUT2D eigenvalue weighted by Gasteiger charge is 2.14. The molecule has 0 aliphatic heterocycles. The van der Waals surface area contributed by atoms with Crippen LogP contribution in [0.25, 0.3) is 10.6 Å². The molecule has 0 aliphatic carbocycles. The van der Waals surface area contributed by atoms with Gasteiger partial charge in [-0.1, -0.05) is 18.3 Å². The number of urea groups is 1. The Balaban J connectivity index is 1.27. The van der Waals surface area contributed by atoms with Gasteiger partial charge in [-0.25, -0.2) is 29.7 Å². The minimum atomic E-state index is -0.328. The van der Waals surface area contributed by atoms with Gasteiger partial charge >= 0.3 is 6.03 Å². The first-order valence-corrected chi connectivity index (χ1v) is 11.9. The highest BCUT2D eigenvalue weighted by molar-refractivity contribution is 7.19. The number of amides is 2. The second-order valence-electron chi connectivity index (χ2n) is 7.50. The number of nitrogens with zero attached hydrogens (tertiary/aromatic N) is 6. The minimum absolute atomic E-state index is 0.328. The molecule has 0 radical (unpaired) electrons. The van der Waals surface area contributed by atoms with Crippen molar-refractivity contribution in [2.24, 2.45) is 0 Å². The Morgan fingerprint density at radius 1 is 1.21 bits per heavy atom. The number of hydrogen-bond acceptors (Lipinski definition) is 9. The molecule has 0 aliphatic rings. The van der Waals surface area contributed by atoms with E-state index in [-0.39, 0.29) is 6.03 Å². The van der Waals surface area contributed by atoms with Gasteiger partial charge in [0.15, 0.2) is 11.0 Å². The number of imidazole rings is 1. The van der Waals surface area contributed by atoms with Crippen LogP contribution in [-0.2, 0) is 19.4 Å². The van der Waals surface area contributed by atoms with Gasteiger partial charge in [0.2, 0.25) is 5.95 Å². The van der Waals surface area contributed by atoms with Crippen LogP contribution in [0.1, 0.15) is 30.6 Å². The van der Waals surface area contributed by atoms with Crippen molar-refractivity contribution in [1.29, 1.82) is 0 Å². The molecule has 0 fully saturated rings. The van der Waals surface area contributed by atoms with Crippen molar-refractivity contribution in [2.45, 2.75) is 39.7 Å². The molecule has 12 heteroatoms. The van der Waals surface area contributed by atoms with Crippen LogP contribution < -0.4 is 16.0 Å². The average Bonchev–Trinajstić information content (AvgIpc) is 3.59. The van der Waals surface area contributed by atoms with Gasteiger partial charge in [-0.3, -0.25) is 5.32 Å². The Bertz CT molecular complexity index is 1200. The van der Waals surface area contributed by atoms with Gasteiger partial charge in [0, 0.05) is 44.6 Å². The molecule has 0 spiro atoms. The highest BCUT2D eigenvalue weighted by Crippen LogP contribution is 2.31. The topological polar surface area (TPSA) is 136 Å². The van der Waals surface area contributed by atoms with E-state index >= 15 is 0 Å². The fourth-order valence-electron chi connectivity index (χ4n) is 3.19. The van der Waals surface area contributed by atoms with Gasteiger partial charge in [0.05, 0.1) is 28.3 Å². The third-order valence-corrected chi connectivity index (χ3v) is 6.02. The Labute approximate surface area is 201 Å². The molecular formula is C22H27N9O2S. The highest BCUT2D eigenvalue weighted by atomic mass is 32.1. The lowest BCUT2D eigenvalue weighted by Crippen LogP contribution is -2.30. The van der Waals surface area contributed by atoms with Gasteiger partial charge in [0.25, 0.3) is 0 Å². The van der Waals surface area contributed by atoms with Crippen LogP contribution in [0.15, 0.2) is 41.7 Å². The summed E-state index contributed by atoms with van der Waals surface area (Å²) in [5.74, 6) is 1.17. The Morgan fingerprint density at radius 2 is 2.12 bits per heavy atom. The van der Waals surface area contributed by atoms with Crippen molar-refractivity contribution in [3.8, 4) is 10.6 Å². The van der Waals surface area contributed by atoms with E-state index in [1.807, 2.05) is 30.7 Å². The molecule has 4 aromatic rings. The van der Waals surface area contributed by atoms with Crippen molar-refractivity contribution in [2.75, 3.05) is 23.7 Å². The van der Waals surface area contributed by atoms with Crippen molar-refractivity contribution < 1.29 is 9.21 Å². The summed E-state index contributed by atoms with van der Waals surface area (Å²) >= 11 is 1.37. The summed E-state index contributed by atoms with van der Waals surface area (Å²) in [5.41, 5.74) is 2.45. The number of oxazole rings is 1. The molecule has 178 valence electrons. The van der Waals surface area contributed by atoms with Crippen LogP contribution in [0.4, 0.5) is 15.9 Å². The van der Waals surface area contributed by atoms with Crippen LogP contribution in [0.5, 0.6) is 0 Å². The van der Waals surface area contributed by atoms with Crippen molar-refractivity contribution in [1.82, 2.24) is 34.8 Å². The maximum atomic E-state index is 12.3. The second-order valence-corrected chi connectivity index (χ2v) is 8.50. The molecule has 0 aromatic carbocycles. The molecule has 0 unspecified atom stereocenters. The summed E-state index contributed by atoms with van der Waals surface area (Å²) in [4.78, 5) is 34.9. The zero-order valence-electron chi connectivity index (χ0n) is 19.1. The number of hydrogen-bond donors (Lipinski definition) is 3. The molecule has 34 heavy (non-hydrogen) atoms. The standard InChI is InChI=1S/C22H27N9O2S/c1-3-16-13-33-18(28-16)6-9-26-21(32)30-22-27-15(2)19(34-22)17-5-8-25-20(29-17)24-7-4-11-31-12-10-23-14-31/h5,8,10,12-14H,3-4,6-7,9,11H2,1-2H3,(H,24,25,29)(H2,26,27,30,32). The lowest BCUT2D eigenvalue weighted by atomic mass is 10.3. The summed E-state index contributed by atoms with van der Waals surface area (Å²) in [5, 5.41) is 9.34. The van der Waals surface area contributed by atoms with E-state index < -0.39 is 0 Å². The van der Waals surface area contributed by atoms with E-state index in [0.29, 0.717) is 29.9 Å². The zero-order chi connectivity index (χ0) is 23.8. The summed E-state index contributed by atoms with van der Waals surface area (Å²) < 4.78 is 7.40. The molecule has 0 saturated carbocycles. The molecule has 4 rings (SSSR count). The molecule has 0 saturated heterocycles. The van der Waals surface area contributed by atoms with Crippen LogP contribution >= 0.6 is 11.3 Å². The molecule has 0 bridgehead atoms. The summed E-state index contributed by atoms with van der Waals surface area (Å²) in [6.07, 6.45) is 11.1. The first kappa shape index (κ1) is 23.4. The molecule has 4 aromatic heterocycles. The smallest absolute Gasteiger partial charge is 0.321 e. The summed E-state index contributed by atoms with van der Waals surface area (Å²) in [7, 11) is 0. The Kier molecular flexibility index (Phi) is 7.81. The number of carbonyl (C=O) groups is 1. The SMILES string of the molecule is CCc1coc(CCNC(=O)Nc2nc(C)c(-c3ccnc(NCCCn4ccnc4)n3)s2)n1. The molecule has 2 amide bonds. The van der Waals surface area contributed by atoms with Crippen LogP contribution in [0, 0.1) is 6.92 Å². The molecule has 4 heterocycles. The van der Waals surface area contributed by atoms with Crippen molar-refractivity contribution in [3.05, 3.63) is 54.5 Å². The second kappa shape index (κ2) is 11.4. The van der Waals surface area contributed by atoms with E-state index in [1.165, 1.54) is 11.3 Å². The van der Waals surface area contributed by atoms with E-state index in [2.05, 4.69) is 40.9 Å². The van der Waals surface area contributed by atoms with Crippen LogP contribution in [0.3, 0.4) is 0 Å². The minimum Gasteiger partial charge on any atom is -0.449 e. The van der Waals surface area contributed by atoms with Gasteiger partial charge < -0.3 is 19.6 Å². The Morgan fingerprint density at radius 3 is 2.91 bits per heavy atom. The number of anilines is 2. The number of aromatic nitrogens is 6. The Hall–Kier alpha value is -3.80. The van der Waals surface area contributed by atoms with Gasteiger partial charge in [0.1, 0.15) is 6.26 Å². The monoisotopic (exact) mass is 481 g/mol. The van der Waals surface area contributed by atoms with E-state index in [1.54, 1.807) is 25.0 Å². The van der Waals surface area contributed by atoms with Crippen LogP contribution in [0.2, 0.25) is 0 Å². The largest absolute Gasteiger partial charge is 0.449 e. The number of thiazole rings is 1. The van der Waals surface area contributed by atoms with E-state index in [4.69, 9.17) is 4.42 Å². The van der Waals surface area contributed by atoms with Crippen molar-refractivity contribution in [3.63, 3.8) is 0 Å². The number of aryl methyl sites for hydroxylation is 3. The fourth-order valence-corrected chi connectivity index (χ4v) is 4.12. The molecule has 0 atom stereocenters. The maximum Gasteiger partial charge on any atom is 0.321 e. The van der Waals surface area contributed by atoms with Crippen LogP contribution in [-0.4, -0.2) is 48.6 Å². The molecule has 3 N–H and O–H groups in total. The van der Waals surface area contributed by atoms with Gasteiger partial charge in [-0.2, -0.15) is 0 Å². The third-order valence-electron chi connectivity index (χ3n) is 4.93. The number of carbonyl (C=O) groups excluding carboxylic acids is 1. The third kappa shape index (κ3) is 6.38. The number of rotatable bonds is 11. The van der Waals surface area contributed by atoms with E-state index in [0.717, 1.165) is 47.9 Å². The predicted octanol–water partition coefficient (Wildman–Crippen LogP) is 3.52. The summed E-state index contributed by atoms with van der Waals surface area (Å²) in [6, 6.07) is 1.51. The number of nitrogens with one attached hydrogen (secondary N) is 3. The molecule has 11 nitrogen and oxygen atoms in total. The quantitative estimate of drug-likeness (QED) is 0.277. The molecular weight excluding hydrogens is 454 g/mol. The van der Waals surface area contributed by atoms with E-state index in [9.17, 15) is 4.79 Å². The maximum absolute atomic E-state index is 12.3. The van der Waals surface area contributed by atoms with Gasteiger partial charge in [-0.15, -0.1) is 0 Å². The van der Waals surface area contributed by atoms with Gasteiger partial charge in [-0.05, 0) is 25.8 Å². The lowest BCUT2D eigenvalue weighted by Gasteiger charge is -2.06. The van der Waals surface area contributed by atoms with Crippen molar-refractivity contribution >= 4 is 28.4 Å². The average molecular weight is 482 g/mol. The lowest BCUT2D eigenvalue weighted by molar-refractivity contribution is 0.252. The first-order valence-electron chi connectivity index (χ1n) is 11.1. The fraction of sp³-hybridized carbons (Fsp3) is 0.364. The predicted molar refractivity (Wildman–Crippen MR) is 130 cm³/mol. The first-order chi connectivity index (χ1) is 16.6. The normalized spacial score (nSPS) is 10.9.